The molecule has 3 aromatic rings. The molecule has 0 spiro atoms. The first-order valence-electron chi connectivity index (χ1n) is 11.9. The number of hydrogen-bond acceptors (Lipinski definition) is 7. The molecule has 0 aliphatic carbocycles. The summed E-state index contributed by atoms with van der Waals surface area (Å²) in [5.41, 5.74) is 2.45. The summed E-state index contributed by atoms with van der Waals surface area (Å²) >= 11 is 1.30. The van der Waals surface area contributed by atoms with Crippen molar-refractivity contribution in [2.75, 3.05) is 17.9 Å². The highest BCUT2D eigenvalue weighted by Crippen LogP contribution is 2.33. The number of rotatable bonds is 9. The maximum atomic E-state index is 13.0. The summed E-state index contributed by atoms with van der Waals surface area (Å²) in [7, 11) is 1.84. The summed E-state index contributed by atoms with van der Waals surface area (Å²) in [5.74, 6) is 2.10. The zero-order valence-corrected chi connectivity index (χ0v) is 21.9. The molecule has 0 radical (unpaired) electrons. The Kier molecular flexibility index (Phi) is 7.83. The lowest BCUT2D eigenvalue weighted by atomic mass is 10.0. The Hall–Kier alpha value is -3.53. The molecule has 4 rings (SSSR count). The van der Waals surface area contributed by atoms with Gasteiger partial charge in [-0.05, 0) is 47.7 Å². The van der Waals surface area contributed by atoms with E-state index in [1.54, 1.807) is 18.2 Å². The third-order valence-corrected chi connectivity index (χ3v) is 6.95. The number of nitrogens with zero attached hydrogens (tertiary/aromatic N) is 3. The van der Waals surface area contributed by atoms with Gasteiger partial charge in [-0.3, -0.25) is 9.59 Å². The standard InChI is InChI=1S/C26H31N5O4S/c1-15(2)17-6-9-19(10-7-17)27-22(32)13-36-26-30-29-24(31(26)5)23(16(3)4)28-25(33)18-8-11-20-21(12-18)35-14-34-20/h6-12,15-16,23H,13-14H2,1-5H3,(H,27,32)(H,28,33). The van der Waals surface area contributed by atoms with Gasteiger partial charge in [0.1, 0.15) is 0 Å². The van der Waals surface area contributed by atoms with Crippen LogP contribution >= 0.6 is 11.8 Å². The molecule has 1 aliphatic heterocycles. The lowest BCUT2D eigenvalue weighted by molar-refractivity contribution is -0.113. The number of carbonyl (C=O) groups is 2. The van der Waals surface area contributed by atoms with E-state index in [-0.39, 0.29) is 36.3 Å². The van der Waals surface area contributed by atoms with Gasteiger partial charge in [0, 0.05) is 18.3 Å². The molecule has 1 unspecified atom stereocenters. The zero-order chi connectivity index (χ0) is 25.8. The quantitative estimate of drug-likeness (QED) is 0.408. The van der Waals surface area contributed by atoms with Gasteiger partial charge in [0.15, 0.2) is 22.5 Å². The fourth-order valence-corrected chi connectivity index (χ4v) is 4.51. The Bertz CT molecular complexity index is 1240. The van der Waals surface area contributed by atoms with Crippen molar-refractivity contribution in [3.8, 4) is 11.5 Å². The van der Waals surface area contributed by atoms with Crippen LogP contribution in [-0.2, 0) is 11.8 Å². The van der Waals surface area contributed by atoms with Crippen molar-refractivity contribution in [3.05, 3.63) is 59.4 Å². The SMILES string of the molecule is CC(C)c1ccc(NC(=O)CSc2nnc(C(NC(=O)c3ccc4c(c3)OCO4)C(C)C)n2C)cc1. The monoisotopic (exact) mass is 509 g/mol. The molecule has 1 atom stereocenters. The van der Waals surface area contributed by atoms with Crippen LogP contribution in [0.25, 0.3) is 0 Å². The van der Waals surface area contributed by atoms with Crippen LogP contribution in [0.3, 0.4) is 0 Å². The number of anilines is 1. The van der Waals surface area contributed by atoms with Gasteiger partial charge in [-0.1, -0.05) is 51.6 Å². The van der Waals surface area contributed by atoms with Gasteiger partial charge in [-0.15, -0.1) is 10.2 Å². The van der Waals surface area contributed by atoms with E-state index in [0.717, 1.165) is 5.69 Å². The van der Waals surface area contributed by atoms with Crippen molar-refractivity contribution in [3.63, 3.8) is 0 Å². The van der Waals surface area contributed by atoms with Crippen LogP contribution in [0.4, 0.5) is 5.69 Å². The summed E-state index contributed by atoms with van der Waals surface area (Å²) < 4.78 is 12.5. The number of amides is 2. The lowest BCUT2D eigenvalue weighted by Gasteiger charge is -2.21. The predicted octanol–water partition coefficient (Wildman–Crippen LogP) is 4.53. The van der Waals surface area contributed by atoms with Gasteiger partial charge < -0.3 is 24.7 Å². The van der Waals surface area contributed by atoms with Crippen molar-refractivity contribution in [1.29, 1.82) is 0 Å². The molecule has 2 amide bonds. The maximum absolute atomic E-state index is 13.0. The van der Waals surface area contributed by atoms with E-state index < -0.39 is 0 Å². The summed E-state index contributed by atoms with van der Waals surface area (Å²) in [5, 5.41) is 15.2. The molecule has 1 aliphatic rings. The topological polar surface area (TPSA) is 107 Å². The fraction of sp³-hybridized carbons (Fsp3) is 0.385. The Balaban J connectivity index is 1.38. The fourth-order valence-electron chi connectivity index (χ4n) is 3.79. The first-order valence-corrected chi connectivity index (χ1v) is 12.8. The highest BCUT2D eigenvalue weighted by molar-refractivity contribution is 7.99. The summed E-state index contributed by atoms with van der Waals surface area (Å²) in [6.45, 7) is 8.42. The molecule has 0 saturated heterocycles. The van der Waals surface area contributed by atoms with E-state index >= 15 is 0 Å². The van der Waals surface area contributed by atoms with Crippen molar-refractivity contribution in [1.82, 2.24) is 20.1 Å². The Labute approximate surface area is 215 Å². The van der Waals surface area contributed by atoms with Crippen LogP contribution in [0.1, 0.15) is 61.4 Å². The van der Waals surface area contributed by atoms with Crippen LogP contribution in [0, 0.1) is 5.92 Å². The molecule has 2 heterocycles. The van der Waals surface area contributed by atoms with Crippen molar-refractivity contribution in [2.24, 2.45) is 13.0 Å². The minimum absolute atomic E-state index is 0.0563. The van der Waals surface area contributed by atoms with E-state index in [1.165, 1.54) is 17.3 Å². The smallest absolute Gasteiger partial charge is 0.252 e. The van der Waals surface area contributed by atoms with E-state index in [2.05, 4.69) is 34.7 Å². The van der Waals surface area contributed by atoms with Crippen molar-refractivity contribution in [2.45, 2.75) is 44.8 Å². The molecule has 2 N–H and O–H groups in total. The van der Waals surface area contributed by atoms with Crippen LogP contribution in [0.2, 0.25) is 0 Å². The number of carbonyl (C=O) groups excluding carboxylic acids is 2. The normalized spacial score (nSPS) is 13.2. The van der Waals surface area contributed by atoms with E-state index in [9.17, 15) is 9.59 Å². The third kappa shape index (κ3) is 5.81. The summed E-state index contributed by atoms with van der Waals surface area (Å²) in [4.78, 5) is 25.5. The average molecular weight is 510 g/mol. The number of ether oxygens (including phenoxy) is 2. The Morgan fingerprint density at radius 2 is 1.75 bits per heavy atom. The molecule has 0 saturated carbocycles. The van der Waals surface area contributed by atoms with E-state index in [0.29, 0.717) is 34.0 Å². The Morgan fingerprint density at radius 3 is 2.44 bits per heavy atom. The highest BCUT2D eigenvalue weighted by atomic mass is 32.2. The predicted molar refractivity (Wildman–Crippen MR) is 138 cm³/mol. The molecule has 0 fully saturated rings. The number of thioether (sulfide) groups is 1. The largest absolute Gasteiger partial charge is 0.454 e. The van der Waals surface area contributed by atoms with E-state index in [4.69, 9.17) is 9.47 Å². The lowest BCUT2D eigenvalue weighted by Crippen LogP contribution is -2.33. The molecule has 1 aromatic heterocycles. The van der Waals surface area contributed by atoms with Gasteiger partial charge in [0.05, 0.1) is 11.8 Å². The second kappa shape index (κ2) is 11.0. The van der Waals surface area contributed by atoms with Gasteiger partial charge in [0.2, 0.25) is 12.7 Å². The zero-order valence-electron chi connectivity index (χ0n) is 21.1. The van der Waals surface area contributed by atoms with Crippen LogP contribution < -0.4 is 20.1 Å². The average Bonchev–Trinajstić information content (AvgIpc) is 3.47. The number of nitrogens with one attached hydrogen (secondary N) is 2. The molecule has 190 valence electrons. The molecule has 0 bridgehead atoms. The number of aromatic nitrogens is 3. The van der Waals surface area contributed by atoms with E-state index in [1.807, 2.05) is 49.7 Å². The van der Waals surface area contributed by atoms with Crippen LogP contribution in [-0.4, -0.2) is 39.1 Å². The minimum atomic E-state index is -0.372. The molecular formula is C26H31N5O4S. The van der Waals surface area contributed by atoms with Crippen LogP contribution in [0.15, 0.2) is 47.6 Å². The number of benzene rings is 2. The second-order valence-electron chi connectivity index (χ2n) is 9.28. The molecular weight excluding hydrogens is 478 g/mol. The molecule has 2 aromatic carbocycles. The van der Waals surface area contributed by atoms with Gasteiger partial charge >= 0.3 is 0 Å². The van der Waals surface area contributed by atoms with Gasteiger partial charge in [-0.25, -0.2) is 0 Å². The summed E-state index contributed by atoms with van der Waals surface area (Å²) in [6.07, 6.45) is 0. The maximum Gasteiger partial charge on any atom is 0.252 e. The summed E-state index contributed by atoms with van der Waals surface area (Å²) in [6, 6.07) is 12.6. The van der Waals surface area contributed by atoms with Crippen molar-refractivity contribution < 1.29 is 19.1 Å². The second-order valence-corrected chi connectivity index (χ2v) is 10.2. The minimum Gasteiger partial charge on any atom is -0.454 e. The van der Waals surface area contributed by atoms with Crippen LogP contribution in [0.5, 0.6) is 11.5 Å². The molecule has 36 heavy (non-hydrogen) atoms. The highest BCUT2D eigenvalue weighted by Gasteiger charge is 2.26. The Morgan fingerprint density at radius 1 is 1.03 bits per heavy atom. The number of hydrogen-bond donors (Lipinski definition) is 2. The molecule has 10 heteroatoms. The molecule has 9 nitrogen and oxygen atoms in total. The van der Waals surface area contributed by atoms with Crippen molar-refractivity contribution >= 4 is 29.3 Å². The number of fused-ring (bicyclic) bond motifs is 1. The van der Waals surface area contributed by atoms with Gasteiger partial charge in [-0.2, -0.15) is 0 Å². The first kappa shape index (κ1) is 25.6. The first-order chi connectivity index (χ1) is 17.2. The third-order valence-electron chi connectivity index (χ3n) is 5.93. The van der Waals surface area contributed by atoms with Gasteiger partial charge in [0.25, 0.3) is 5.91 Å².